The molecule has 2 amide bonds. The molecule has 0 saturated carbocycles. The number of benzene rings is 1. The number of ether oxygens (including phenoxy) is 1. The zero-order valence-electron chi connectivity index (χ0n) is 15.0. The van der Waals surface area contributed by atoms with E-state index in [1.54, 1.807) is 13.0 Å². The van der Waals surface area contributed by atoms with Gasteiger partial charge in [-0.15, -0.1) is 0 Å². The summed E-state index contributed by atoms with van der Waals surface area (Å²) in [7, 11) is 0. The molecule has 6 heteroatoms. The average Bonchev–Trinajstić information content (AvgIpc) is 2.60. The lowest BCUT2D eigenvalue weighted by Crippen LogP contribution is -2.49. The molecule has 2 aliphatic heterocycles. The number of carbonyl (C=O) groups is 2. The lowest BCUT2D eigenvalue weighted by molar-refractivity contribution is -0.128. The number of rotatable bonds is 5. The highest BCUT2D eigenvalue weighted by molar-refractivity contribution is 6.03. The Hall–Kier alpha value is -2.08. The van der Waals surface area contributed by atoms with Crippen LogP contribution >= 0.6 is 0 Å². The van der Waals surface area contributed by atoms with Gasteiger partial charge in [0.05, 0.1) is 5.69 Å². The number of nitrogens with zero attached hydrogens (tertiary/aromatic N) is 2. The van der Waals surface area contributed by atoms with Crippen LogP contribution in [0, 0.1) is 5.92 Å². The molecule has 1 aromatic rings. The molecule has 1 saturated heterocycles. The summed E-state index contributed by atoms with van der Waals surface area (Å²) in [6.45, 7) is 7.71. The number of amides is 2. The lowest BCUT2D eigenvalue weighted by Gasteiger charge is -2.32. The Balaban J connectivity index is 1.51. The van der Waals surface area contributed by atoms with Crippen molar-refractivity contribution in [3.05, 3.63) is 24.3 Å². The van der Waals surface area contributed by atoms with Crippen LogP contribution in [0.1, 0.15) is 26.7 Å². The fourth-order valence-electron chi connectivity index (χ4n) is 3.36. The first-order valence-electron chi connectivity index (χ1n) is 9.10. The second-order valence-electron chi connectivity index (χ2n) is 7.03. The van der Waals surface area contributed by atoms with Gasteiger partial charge in [-0.1, -0.05) is 19.1 Å². The molecule has 0 bridgehead atoms. The molecule has 1 unspecified atom stereocenters. The molecule has 3 rings (SSSR count). The Morgan fingerprint density at radius 1 is 1.24 bits per heavy atom. The van der Waals surface area contributed by atoms with Crippen molar-refractivity contribution in [3.8, 4) is 5.75 Å². The van der Waals surface area contributed by atoms with Crippen LogP contribution in [0.4, 0.5) is 5.69 Å². The van der Waals surface area contributed by atoms with E-state index in [0.717, 1.165) is 25.6 Å². The van der Waals surface area contributed by atoms with Gasteiger partial charge in [0.1, 0.15) is 12.3 Å². The van der Waals surface area contributed by atoms with Gasteiger partial charge in [0.25, 0.3) is 5.91 Å². The van der Waals surface area contributed by atoms with E-state index >= 15 is 0 Å². The third-order valence-corrected chi connectivity index (χ3v) is 5.00. The molecule has 1 aromatic carbocycles. The fourth-order valence-corrected chi connectivity index (χ4v) is 3.36. The van der Waals surface area contributed by atoms with Gasteiger partial charge >= 0.3 is 0 Å². The van der Waals surface area contributed by atoms with Crippen molar-refractivity contribution in [1.29, 1.82) is 0 Å². The van der Waals surface area contributed by atoms with Crippen LogP contribution in [-0.2, 0) is 9.59 Å². The number of hydrogen-bond acceptors (Lipinski definition) is 4. The third kappa shape index (κ3) is 4.31. The highest BCUT2D eigenvalue weighted by Gasteiger charge is 2.32. The fraction of sp³-hybridized carbons (Fsp3) is 0.579. The predicted molar refractivity (Wildman–Crippen MR) is 96.7 cm³/mol. The summed E-state index contributed by atoms with van der Waals surface area (Å²) in [5.74, 6) is 1.13. The van der Waals surface area contributed by atoms with E-state index in [4.69, 9.17) is 4.74 Å². The molecule has 6 nitrogen and oxygen atoms in total. The van der Waals surface area contributed by atoms with E-state index in [-0.39, 0.29) is 18.4 Å². The Kier molecular flexibility index (Phi) is 5.58. The van der Waals surface area contributed by atoms with E-state index in [1.165, 1.54) is 17.7 Å². The van der Waals surface area contributed by atoms with Crippen LogP contribution in [-0.4, -0.2) is 55.5 Å². The second kappa shape index (κ2) is 7.87. The van der Waals surface area contributed by atoms with Crippen molar-refractivity contribution >= 4 is 17.5 Å². The van der Waals surface area contributed by atoms with Gasteiger partial charge in [0.2, 0.25) is 5.91 Å². The number of likely N-dealkylation sites (tertiary alicyclic amines) is 1. The van der Waals surface area contributed by atoms with Crippen LogP contribution in [0.25, 0.3) is 0 Å². The minimum Gasteiger partial charge on any atom is -0.479 e. The molecule has 0 radical (unpaired) electrons. The molecule has 25 heavy (non-hydrogen) atoms. The number of hydrogen-bond donors (Lipinski definition) is 1. The molecule has 1 N–H and O–H groups in total. The Morgan fingerprint density at radius 3 is 2.72 bits per heavy atom. The summed E-state index contributed by atoms with van der Waals surface area (Å²) in [6.07, 6.45) is 1.88. The van der Waals surface area contributed by atoms with E-state index in [9.17, 15) is 9.59 Å². The van der Waals surface area contributed by atoms with Gasteiger partial charge in [-0.2, -0.15) is 0 Å². The molecule has 0 aromatic heterocycles. The minimum absolute atomic E-state index is 0.0284. The van der Waals surface area contributed by atoms with Crippen molar-refractivity contribution in [2.45, 2.75) is 32.8 Å². The molecule has 0 spiro atoms. The smallest absolute Gasteiger partial charge is 0.268 e. The van der Waals surface area contributed by atoms with Crippen LogP contribution in [0.5, 0.6) is 5.75 Å². The van der Waals surface area contributed by atoms with Gasteiger partial charge in [-0.05, 0) is 50.9 Å². The molecule has 1 atom stereocenters. The Bertz CT molecular complexity index is 626. The maximum absolute atomic E-state index is 12.4. The molecule has 2 heterocycles. The van der Waals surface area contributed by atoms with Crippen LogP contribution in [0.2, 0.25) is 0 Å². The van der Waals surface area contributed by atoms with Crippen molar-refractivity contribution in [2.24, 2.45) is 5.92 Å². The monoisotopic (exact) mass is 345 g/mol. The molecule has 2 aliphatic rings. The number of para-hydroxylation sites is 2. The van der Waals surface area contributed by atoms with Gasteiger partial charge in [-0.25, -0.2) is 0 Å². The van der Waals surface area contributed by atoms with Gasteiger partial charge in [-0.3, -0.25) is 14.5 Å². The Morgan fingerprint density at radius 2 is 1.96 bits per heavy atom. The van der Waals surface area contributed by atoms with Gasteiger partial charge < -0.3 is 15.0 Å². The number of piperidine rings is 1. The first-order chi connectivity index (χ1) is 12.0. The van der Waals surface area contributed by atoms with Crippen molar-refractivity contribution in [1.82, 2.24) is 10.2 Å². The summed E-state index contributed by atoms with van der Waals surface area (Å²) >= 11 is 0. The summed E-state index contributed by atoms with van der Waals surface area (Å²) in [5, 5.41) is 2.94. The van der Waals surface area contributed by atoms with E-state index in [0.29, 0.717) is 18.0 Å². The normalized spacial score (nSPS) is 21.6. The second-order valence-corrected chi connectivity index (χ2v) is 7.03. The first kappa shape index (κ1) is 17.7. The maximum atomic E-state index is 12.4. The highest BCUT2D eigenvalue weighted by atomic mass is 16.5. The summed E-state index contributed by atoms with van der Waals surface area (Å²) in [4.78, 5) is 28.6. The van der Waals surface area contributed by atoms with Crippen molar-refractivity contribution < 1.29 is 14.3 Å². The summed E-state index contributed by atoms with van der Waals surface area (Å²) in [6, 6.07) is 7.33. The predicted octanol–water partition coefficient (Wildman–Crippen LogP) is 1.65. The van der Waals surface area contributed by atoms with Gasteiger partial charge in [0.15, 0.2) is 6.10 Å². The standard InChI is InChI=1S/C19H27N3O3/c1-14-7-10-21(11-8-14)12-9-20-18(23)13-22-16-5-3-4-6-17(16)25-15(2)19(22)24/h3-6,14-15H,7-13H2,1-2H3,(H,20,23). The highest BCUT2D eigenvalue weighted by Crippen LogP contribution is 2.33. The average molecular weight is 345 g/mol. The first-order valence-corrected chi connectivity index (χ1v) is 9.10. The molecular formula is C19H27N3O3. The zero-order valence-corrected chi connectivity index (χ0v) is 15.0. The van der Waals surface area contributed by atoms with E-state index < -0.39 is 6.10 Å². The quantitative estimate of drug-likeness (QED) is 0.881. The van der Waals surface area contributed by atoms with Crippen molar-refractivity contribution in [3.63, 3.8) is 0 Å². The topological polar surface area (TPSA) is 61.9 Å². The zero-order chi connectivity index (χ0) is 17.8. The number of anilines is 1. The lowest BCUT2D eigenvalue weighted by atomic mass is 9.99. The minimum atomic E-state index is -0.571. The van der Waals surface area contributed by atoms with Crippen LogP contribution in [0.15, 0.2) is 24.3 Å². The Labute approximate surface area is 149 Å². The molecule has 1 fully saturated rings. The molecular weight excluding hydrogens is 318 g/mol. The van der Waals surface area contributed by atoms with E-state index in [2.05, 4.69) is 17.1 Å². The molecule has 136 valence electrons. The number of fused-ring (bicyclic) bond motifs is 1. The van der Waals surface area contributed by atoms with E-state index in [1.807, 2.05) is 18.2 Å². The summed E-state index contributed by atoms with van der Waals surface area (Å²) < 4.78 is 5.60. The molecule has 0 aliphatic carbocycles. The SMILES string of the molecule is CC1CCN(CCNC(=O)CN2C(=O)C(C)Oc3ccccc32)CC1. The number of carbonyl (C=O) groups excluding carboxylic acids is 2. The number of nitrogens with one attached hydrogen (secondary N) is 1. The van der Waals surface area contributed by atoms with Crippen molar-refractivity contribution in [2.75, 3.05) is 37.6 Å². The third-order valence-electron chi connectivity index (χ3n) is 5.00. The summed E-state index contributed by atoms with van der Waals surface area (Å²) in [5.41, 5.74) is 0.658. The van der Waals surface area contributed by atoms with Crippen LogP contribution in [0.3, 0.4) is 0 Å². The maximum Gasteiger partial charge on any atom is 0.268 e. The van der Waals surface area contributed by atoms with Crippen LogP contribution < -0.4 is 15.0 Å². The largest absolute Gasteiger partial charge is 0.479 e. The van der Waals surface area contributed by atoms with Gasteiger partial charge in [0, 0.05) is 13.1 Å².